The van der Waals surface area contributed by atoms with E-state index in [-0.39, 0.29) is 5.91 Å². The molecule has 2 aromatic carbocycles. The lowest BCUT2D eigenvalue weighted by Crippen LogP contribution is -2.25. The van der Waals surface area contributed by atoms with Gasteiger partial charge in [-0.15, -0.1) is 0 Å². The Bertz CT molecular complexity index is 998. The standard InChI is InChI=1S/C17H17N3O3S2/c1-25(22,23)20-17-19-14-8-7-13(11-15(14)24-17)16(21)18-10-9-12-5-3-2-4-6-12/h2-8,11H,9-10H2,1H3,(H,18,21)(H,19,20). The van der Waals surface area contributed by atoms with Crippen LogP contribution in [0, 0.1) is 0 Å². The van der Waals surface area contributed by atoms with Crippen molar-refractivity contribution in [1.82, 2.24) is 10.3 Å². The summed E-state index contributed by atoms with van der Waals surface area (Å²) in [5.41, 5.74) is 2.34. The van der Waals surface area contributed by atoms with Crippen LogP contribution in [-0.2, 0) is 16.4 Å². The third kappa shape index (κ3) is 4.77. The molecule has 0 atom stereocenters. The summed E-state index contributed by atoms with van der Waals surface area (Å²) in [6.45, 7) is 0.546. The number of fused-ring (bicyclic) bond motifs is 1. The number of rotatable bonds is 6. The van der Waals surface area contributed by atoms with Crippen molar-refractivity contribution < 1.29 is 13.2 Å². The monoisotopic (exact) mass is 375 g/mol. The Kier molecular flexibility index (Phi) is 5.00. The summed E-state index contributed by atoms with van der Waals surface area (Å²) >= 11 is 1.20. The van der Waals surface area contributed by atoms with Gasteiger partial charge in [-0.3, -0.25) is 9.52 Å². The van der Waals surface area contributed by atoms with Crippen molar-refractivity contribution in [3.63, 3.8) is 0 Å². The van der Waals surface area contributed by atoms with Gasteiger partial charge in [0.05, 0.1) is 16.5 Å². The van der Waals surface area contributed by atoms with Gasteiger partial charge < -0.3 is 5.32 Å². The molecule has 0 saturated carbocycles. The van der Waals surface area contributed by atoms with Crippen molar-refractivity contribution in [3.05, 3.63) is 59.7 Å². The minimum atomic E-state index is -3.37. The molecule has 0 spiro atoms. The molecule has 2 N–H and O–H groups in total. The molecule has 0 radical (unpaired) electrons. The van der Waals surface area contributed by atoms with Crippen LogP contribution in [0.1, 0.15) is 15.9 Å². The van der Waals surface area contributed by atoms with Crippen LogP contribution >= 0.6 is 11.3 Å². The average molecular weight is 375 g/mol. The Morgan fingerprint density at radius 1 is 1.16 bits per heavy atom. The number of nitrogens with zero attached hydrogens (tertiary/aromatic N) is 1. The molecule has 8 heteroatoms. The maximum absolute atomic E-state index is 12.3. The average Bonchev–Trinajstić information content (AvgIpc) is 2.94. The first-order valence-electron chi connectivity index (χ1n) is 7.61. The molecule has 1 aromatic heterocycles. The first-order valence-corrected chi connectivity index (χ1v) is 10.3. The number of carbonyl (C=O) groups is 1. The molecule has 6 nitrogen and oxygen atoms in total. The molecule has 25 heavy (non-hydrogen) atoms. The molecule has 0 aliphatic carbocycles. The van der Waals surface area contributed by atoms with E-state index in [2.05, 4.69) is 15.0 Å². The lowest BCUT2D eigenvalue weighted by atomic mass is 10.1. The zero-order chi connectivity index (χ0) is 17.9. The van der Waals surface area contributed by atoms with Crippen molar-refractivity contribution in [3.8, 4) is 0 Å². The van der Waals surface area contributed by atoms with Crippen molar-refractivity contribution in [2.24, 2.45) is 0 Å². The number of thiazole rings is 1. The normalized spacial score (nSPS) is 11.4. The number of carbonyl (C=O) groups excluding carboxylic acids is 1. The summed E-state index contributed by atoms with van der Waals surface area (Å²) < 4.78 is 25.7. The largest absolute Gasteiger partial charge is 0.352 e. The lowest BCUT2D eigenvalue weighted by Gasteiger charge is -2.05. The summed E-state index contributed by atoms with van der Waals surface area (Å²) in [5, 5.41) is 3.18. The molecule has 3 rings (SSSR count). The molecule has 3 aromatic rings. The highest BCUT2D eigenvalue weighted by molar-refractivity contribution is 7.92. The van der Waals surface area contributed by atoms with Gasteiger partial charge in [0.15, 0.2) is 5.13 Å². The zero-order valence-corrected chi connectivity index (χ0v) is 15.2. The minimum absolute atomic E-state index is 0.163. The van der Waals surface area contributed by atoms with E-state index in [1.165, 1.54) is 11.3 Å². The van der Waals surface area contributed by atoms with Crippen molar-refractivity contribution in [2.45, 2.75) is 6.42 Å². The molecule has 0 aliphatic rings. The van der Waals surface area contributed by atoms with Gasteiger partial charge in [-0.25, -0.2) is 13.4 Å². The van der Waals surface area contributed by atoms with Gasteiger partial charge in [-0.2, -0.15) is 0 Å². The third-order valence-electron chi connectivity index (χ3n) is 3.47. The number of hydrogen-bond donors (Lipinski definition) is 2. The fourth-order valence-corrected chi connectivity index (χ4v) is 4.08. The summed E-state index contributed by atoms with van der Waals surface area (Å²) in [6.07, 6.45) is 1.84. The van der Waals surface area contributed by atoms with Crippen LogP contribution in [0.2, 0.25) is 0 Å². The van der Waals surface area contributed by atoms with Crippen LogP contribution < -0.4 is 10.0 Å². The fraction of sp³-hybridized carbons (Fsp3) is 0.176. The van der Waals surface area contributed by atoms with Crippen LogP contribution in [-0.4, -0.2) is 32.1 Å². The van der Waals surface area contributed by atoms with Gasteiger partial charge in [0.1, 0.15) is 0 Å². The summed E-state index contributed by atoms with van der Waals surface area (Å²) in [7, 11) is -3.37. The van der Waals surface area contributed by atoms with Crippen LogP contribution in [0.5, 0.6) is 0 Å². The van der Waals surface area contributed by atoms with Crippen molar-refractivity contribution in [1.29, 1.82) is 0 Å². The van der Waals surface area contributed by atoms with Crippen LogP contribution in [0.25, 0.3) is 10.2 Å². The van der Waals surface area contributed by atoms with E-state index in [9.17, 15) is 13.2 Å². The number of anilines is 1. The summed E-state index contributed by atoms with van der Waals surface area (Å²) in [4.78, 5) is 16.5. The highest BCUT2D eigenvalue weighted by Crippen LogP contribution is 2.27. The van der Waals surface area contributed by atoms with E-state index in [0.29, 0.717) is 22.8 Å². The summed E-state index contributed by atoms with van der Waals surface area (Å²) in [5.74, 6) is -0.163. The topological polar surface area (TPSA) is 88.2 Å². The second kappa shape index (κ2) is 7.20. The van der Waals surface area contributed by atoms with Crippen molar-refractivity contribution in [2.75, 3.05) is 17.5 Å². The maximum Gasteiger partial charge on any atom is 0.251 e. The minimum Gasteiger partial charge on any atom is -0.352 e. The van der Waals surface area contributed by atoms with Gasteiger partial charge >= 0.3 is 0 Å². The number of benzene rings is 2. The van der Waals surface area contributed by atoms with Gasteiger partial charge in [0, 0.05) is 12.1 Å². The Hall–Kier alpha value is -2.45. The molecule has 130 valence electrons. The lowest BCUT2D eigenvalue weighted by molar-refractivity contribution is 0.0954. The van der Waals surface area contributed by atoms with E-state index in [1.807, 2.05) is 30.3 Å². The fourth-order valence-electron chi connectivity index (χ4n) is 2.34. The highest BCUT2D eigenvalue weighted by Gasteiger charge is 2.11. The van der Waals surface area contributed by atoms with Gasteiger partial charge in [-0.1, -0.05) is 41.7 Å². The Labute approximate surface area is 150 Å². The quantitative estimate of drug-likeness (QED) is 0.693. The maximum atomic E-state index is 12.3. The molecule has 1 heterocycles. The number of amides is 1. The molecule has 0 bridgehead atoms. The highest BCUT2D eigenvalue weighted by atomic mass is 32.2. The van der Waals surface area contributed by atoms with Crippen LogP contribution in [0.3, 0.4) is 0 Å². The first kappa shape index (κ1) is 17.4. The molecule has 0 unspecified atom stereocenters. The molecular formula is C17H17N3O3S2. The van der Waals surface area contributed by atoms with Crippen LogP contribution in [0.4, 0.5) is 5.13 Å². The van der Waals surface area contributed by atoms with E-state index in [4.69, 9.17) is 0 Å². The first-order chi connectivity index (χ1) is 11.9. The van der Waals surface area contributed by atoms with E-state index < -0.39 is 10.0 Å². The molecule has 0 aliphatic heterocycles. The number of sulfonamides is 1. The van der Waals surface area contributed by atoms with E-state index in [0.717, 1.165) is 22.9 Å². The predicted molar refractivity (Wildman–Crippen MR) is 101 cm³/mol. The summed E-state index contributed by atoms with van der Waals surface area (Å²) in [6, 6.07) is 15.1. The second-order valence-electron chi connectivity index (χ2n) is 5.57. The Morgan fingerprint density at radius 2 is 1.92 bits per heavy atom. The van der Waals surface area contributed by atoms with E-state index in [1.54, 1.807) is 18.2 Å². The Balaban J connectivity index is 1.67. The van der Waals surface area contributed by atoms with Gasteiger partial charge in [0.25, 0.3) is 5.91 Å². The molecular weight excluding hydrogens is 358 g/mol. The third-order valence-corrected chi connectivity index (χ3v) is 5.09. The van der Waals surface area contributed by atoms with Gasteiger partial charge in [-0.05, 0) is 30.2 Å². The zero-order valence-electron chi connectivity index (χ0n) is 13.5. The van der Waals surface area contributed by atoms with E-state index >= 15 is 0 Å². The SMILES string of the molecule is CS(=O)(=O)Nc1nc2ccc(C(=O)NCCc3ccccc3)cc2s1. The number of aromatic nitrogens is 1. The molecule has 1 amide bonds. The Morgan fingerprint density at radius 3 is 2.64 bits per heavy atom. The number of nitrogens with one attached hydrogen (secondary N) is 2. The smallest absolute Gasteiger partial charge is 0.251 e. The molecule has 0 saturated heterocycles. The predicted octanol–water partition coefficient (Wildman–Crippen LogP) is 2.64. The molecule has 0 fully saturated rings. The second-order valence-corrected chi connectivity index (χ2v) is 8.35. The van der Waals surface area contributed by atoms with Crippen LogP contribution in [0.15, 0.2) is 48.5 Å². The van der Waals surface area contributed by atoms with Crippen molar-refractivity contribution >= 4 is 42.6 Å². The van der Waals surface area contributed by atoms with Gasteiger partial charge in [0.2, 0.25) is 10.0 Å². The number of hydrogen-bond acceptors (Lipinski definition) is 5.